The van der Waals surface area contributed by atoms with Crippen LogP contribution in [0, 0.1) is 5.92 Å². The lowest BCUT2D eigenvalue weighted by atomic mass is 9.84. The Kier molecular flexibility index (Phi) is 3.81. The SMILES string of the molecule is CC(NCc1cccs1)(C(N)=O)C1CCOC1. The molecule has 0 saturated carbocycles. The van der Waals surface area contributed by atoms with Crippen LogP contribution < -0.4 is 11.1 Å². The van der Waals surface area contributed by atoms with Crippen molar-refractivity contribution in [3.8, 4) is 0 Å². The predicted octanol–water partition coefficient (Wildman–Crippen LogP) is 1.12. The Bertz CT molecular complexity index is 374. The van der Waals surface area contributed by atoms with Crippen molar-refractivity contribution in [3.63, 3.8) is 0 Å². The van der Waals surface area contributed by atoms with Crippen LogP contribution in [-0.2, 0) is 16.1 Å². The van der Waals surface area contributed by atoms with Crippen LogP contribution in [0.1, 0.15) is 18.2 Å². The minimum absolute atomic E-state index is 0.167. The molecule has 2 rings (SSSR count). The van der Waals surface area contributed by atoms with Gasteiger partial charge in [0.2, 0.25) is 5.91 Å². The molecule has 1 aliphatic heterocycles. The molecule has 1 aromatic rings. The van der Waals surface area contributed by atoms with Gasteiger partial charge in [0.25, 0.3) is 0 Å². The normalized spacial score (nSPS) is 23.5. The van der Waals surface area contributed by atoms with Gasteiger partial charge in [-0.2, -0.15) is 0 Å². The number of hydrogen-bond acceptors (Lipinski definition) is 4. The Morgan fingerprint density at radius 1 is 1.76 bits per heavy atom. The molecule has 0 aliphatic carbocycles. The van der Waals surface area contributed by atoms with Gasteiger partial charge in [-0.25, -0.2) is 0 Å². The molecule has 4 nitrogen and oxygen atoms in total. The second kappa shape index (κ2) is 5.16. The number of carbonyl (C=O) groups excluding carboxylic acids is 1. The zero-order chi connectivity index (χ0) is 12.3. The average Bonchev–Trinajstić information content (AvgIpc) is 2.98. The van der Waals surface area contributed by atoms with Crippen molar-refractivity contribution >= 4 is 17.2 Å². The van der Waals surface area contributed by atoms with E-state index < -0.39 is 5.54 Å². The van der Waals surface area contributed by atoms with E-state index in [1.54, 1.807) is 11.3 Å². The maximum atomic E-state index is 11.7. The molecule has 0 bridgehead atoms. The van der Waals surface area contributed by atoms with Crippen LogP contribution in [0.15, 0.2) is 17.5 Å². The average molecular weight is 254 g/mol. The molecule has 1 fully saturated rings. The molecule has 3 N–H and O–H groups in total. The highest BCUT2D eigenvalue weighted by atomic mass is 32.1. The van der Waals surface area contributed by atoms with Gasteiger partial charge in [0.15, 0.2) is 0 Å². The van der Waals surface area contributed by atoms with E-state index in [4.69, 9.17) is 10.5 Å². The zero-order valence-corrected chi connectivity index (χ0v) is 10.8. The van der Waals surface area contributed by atoms with E-state index in [0.29, 0.717) is 19.8 Å². The summed E-state index contributed by atoms with van der Waals surface area (Å²) in [6, 6.07) is 4.05. The van der Waals surface area contributed by atoms with E-state index in [-0.39, 0.29) is 11.8 Å². The van der Waals surface area contributed by atoms with Crippen molar-refractivity contribution in [1.82, 2.24) is 5.32 Å². The highest BCUT2D eigenvalue weighted by Gasteiger charge is 2.41. The minimum atomic E-state index is -0.680. The highest BCUT2D eigenvalue weighted by molar-refractivity contribution is 7.09. The van der Waals surface area contributed by atoms with Crippen molar-refractivity contribution in [3.05, 3.63) is 22.4 Å². The maximum absolute atomic E-state index is 11.7. The Balaban J connectivity index is 2.03. The van der Waals surface area contributed by atoms with Gasteiger partial charge in [-0.05, 0) is 24.8 Å². The Labute approximate surface area is 105 Å². The number of amides is 1. The summed E-state index contributed by atoms with van der Waals surface area (Å²) in [7, 11) is 0. The second-order valence-corrected chi connectivity index (χ2v) is 5.59. The summed E-state index contributed by atoms with van der Waals surface area (Å²) in [6.07, 6.45) is 0.886. The van der Waals surface area contributed by atoms with Gasteiger partial charge in [-0.15, -0.1) is 11.3 Å². The molecule has 2 atom stereocenters. The number of nitrogens with one attached hydrogen (secondary N) is 1. The molecule has 1 aliphatic rings. The molecular weight excluding hydrogens is 236 g/mol. The molecule has 1 saturated heterocycles. The third kappa shape index (κ3) is 2.68. The van der Waals surface area contributed by atoms with Gasteiger partial charge in [0.1, 0.15) is 5.54 Å². The molecule has 0 radical (unpaired) electrons. The van der Waals surface area contributed by atoms with E-state index in [2.05, 4.69) is 5.32 Å². The number of hydrogen-bond donors (Lipinski definition) is 2. The molecule has 0 spiro atoms. The standard InChI is InChI=1S/C12H18N2O2S/c1-12(11(13)15,9-4-5-16-8-9)14-7-10-3-2-6-17-10/h2-3,6,9,14H,4-5,7-8H2,1H3,(H2,13,15). The van der Waals surface area contributed by atoms with Crippen LogP contribution in [0.3, 0.4) is 0 Å². The van der Waals surface area contributed by atoms with Crippen LogP contribution in [0.2, 0.25) is 0 Å². The quantitative estimate of drug-likeness (QED) is 0.827. The minimum Gasteiger partial charge on any atom is -0.381 e. The first-order valence-electron chi connectivity index (χ1n) is 5.78. The van der Waals surface area contributed by atoms with Crippen molar-refractivity contribution in [1.29, 1.82) is 0 Å². The number of ether oxygens (including phenoxy) is 1. The Hall–Kier alpha value is -0.910. The highest BCUT2D eigenvalue weighted by Crippen LogP contribution is 2.26. The molecule has 1 aromatic heterocycles. The monoisotopic (exact) mass is 254 g/mol. The zero-order valence-electron chi connectivity index (χ0n) is 9.94. The van der Waals surface area contributed by atoms with Gasteiger partial charge in [0.05, 0.1) is 6.61 Å². The van der Waals surface area contributed by atoms with Crippen LogP contribution in [0.5, 0.6) is 0 Å². The van der Waals surface area contributed by atoms with Crippen molar-refractivity contribution < 1.29 is 9.53 Å². The summed E-state index contributed by atoms with van der Waals surface area (Å²) in [5, 5.41) is 5.32. The number of primary amides is 1. The Morgan fingerprint density at radius 2 is 2.59 bits per heavy atom. The second-order valence-electron chi connectivity index (χ2n) is 4.56. The van der Waals surface area contributed by atoms with Gasteiger partial charge in [-0.1, -0.05) is 6.07 Å². The maximum Gasteiger partial charge on any atom is 0.237 e. The van der Waals surface area contributed by atoms with Crippen LogP contribution in [-0.4, -0.2) is 24.7 Å². The van der Waals surface area contributed by atoms with Gasteiger partial charge >= 0.3 is 0 Å². The van der Waals surface area contributed by atoms with Crippen molar-refractivity contribution in [2.75, 3.05) is 13.2 Å². The first kappa shape index (κ1) is 12.5. The van der Waals surface area contributed by atoms with E-state index >= 15 is 0 Å². The van der Waals surface area contributed by atoms with Gasteiger partial charge in [0, 0.05) is 23.9 Å². The summed E-state index contributed by atoms with van der Waals surface area (Å²) >= 11 is 1.67. The van der Waals surface area contributed by atoms with Gasteiger partial charge < -0.3 is 10.5 Å². The number of thiophene rings is 1. The molecule has 94 valence electrons. The van der Waals surface area contributed by atoms with Crippen LogP contribution in [0.25, 0.3) is 0 Å². The molecule has 17 heavy (non-hydrogen) atoms. The van der Waals surface area contributed by atoms with Gasteiger partial charge in [-0.3, -0.25) is 10.1 Å². The molecule has 5 heteroatoms. The topological polar surface area (TPSA) is 64.3 Å². The van der Waals surface area contributed by atoms with Crippen molar-refractivity contribution in [2.45, 2.75) is 25.4 Å². The lowest BCUT2D eigenvalue weighted by Gasteiger charge is -2.32. The number of rotatable bonds is 5. The molecule has 0 aromatic carbocycles. The van der Waals surface area contributed by atoms with Crippen molar-refractivity contribution in [2.24, 2.45) is 11.7 Å². The fourth-order valence-electron chi connectivity index (χ4n) is 2.11. The van der Waals surface area contributed by atoms with Crippen LogP contribution >= 0.6 is 11.3 Å². The largest absolute Gasteiger partial charge is 0.381 e. The lowest BCUT2D eigenvalue weighted by molar-refractivity contribution is -0.126. The van der Waals surface area contributed by atoms with E-state index in [9.17, 15) is 4.79 Å². The fraction of sp³-hybridized carbons (Fsp3) is 0.583. The number of carbonyl (C=O) groups is 1. The predicted molar refractivity (Wildman–Crippen MR) is 67.7 cm³/mol. The molecule has 2 heterocycles. The molecular formula is C12H18N2O2S. The molecule has 1 amide bonds. The molecule has 2 unspecified atom stereocenters. The summed E-state index contributed by atoms with van der Waals surface area (Å²) in [5.41, 5.74) is 4.86. The van der Waals surface area contributed by atoms with E-state index in [0.717, 1.165) is 6.42 Å². The fourth-order valence-corrected chi connectivity index (χ4v) is 2.75. The van der Waals surface area contributed by atoms with Crippen LogP contribution in [0.4, 0.5) is 0 Å². The van der Waals surface area contributed by atoms with E-state index in [1.807, 2.05) is 24.4 Å². The summed E-state index contributed by atoms with van der Waals surface area (Å²) in [4.78, 5) is 12.9. The van der Waals surface area contributed by atoms with E-state index in [1.165, 1.54) is 4.88 Å². The summed E-state index contributed by atoms with van der Waals surface area (Å²) in [5.74, 6) is -0.135. The third-order valence-corrected chi connectivity index (χ3v) is 4.34. The smallest absolute Gasteiger partial charge is 0.237 e. The Morgan fingerprint density at radius 3 is 3.12 bits per heavy atom. The first-order valence-corrected chi connectivity index (χ1v) is 6.66. The summed E-state index contributed by atoms with van der Waals surface area (Å²) in [6.45, 7) is 3.88. The summed E-state index contributed by atoms with van der Waals surface area (Å²) < 4.78 is 5.35. The number of nitrogens with two attached hydrogens (primary N) is 1. The first-order chi connectivity index (χ1) is 8.13. The lowest BCUT2D eigenvalue weighted by Crippen LogP contribution is -2.58. The third-order valence-electron chi connectivity index (χ3n) is 3.47.